The van der Waals surface area contributed by atoms with Gasteiger partial charge in [0.2, 0.25) is 0 Å². The summed E-state index contributed by atoms with van der Waals surface area (Å²) in [5, 5.41) is 11.7. The van der Waals surface area contributed by atoms with Gasteiger partial charge in [0, 0.05) is 19.1 Å². The van der Waals surface area contributed by atoms with Crippen LogP contribution in [0.3, 0.4) is 0 Å². The number of carboxylic acid groups (broad SMARTS) is 1. The topological polar surface area (TPSA) is 88.1 Å². The van der Waals surface area contributed by atoms with Crippen LogP contribution >= 0.6 is 0 Å². The van der Waals surface area contributed by atoms with E-state index >= 15 is 0 Å². The van der Waals surface area contributed by atoms with Gasteiger partial charge in [-0.25, -0.2) is 4.79 Å². The first kappa shape index (κ1) is 15.1. The Bertz CT molecular complexity index is 344. The summed E-state index contributed by atoms with van der Waals surface area (Å²) in [5.74, 6) is -0.862. The van der Waals surface area contributed by atoms with Gasteiger partial charge >= 0.3 is 12.0 Å². The second-order valence-corrected chi connectivity index (χ2v) is 5.19. The van der Waals surface area contributed by atoms with Crippen molar-refractivity contribution in [1.82, 2.24) is 10.2 Å². The van der Waals surface area contributed by atoms with Crippen LogP contribution in [-0.2, 0) is 14.3 Å². The van der Waals surface area contributed by atoms with Crippen molar-refractivity contribution in [2.45, 2.75) is 37.8 Å². The summed E-state index contributed by atoms with van der Waals surface area (Å²) in [6.07, 6.45) is 2.54. The molecule has 0 saturated carbocycles. The van der Waals surface area contributed by atoms with Crippen LogP contribution in [0.5, 0.6) is 0 Å². The summed E-state index contributed by atoms with van der Waals surface area (Å²) in [6, 6.07) is -0.408. The molecule has 0 spiro atoms. The summed E-state index contributed by atoms with van der Waals surface area (Å²) >= 11 is 0. The number of hydrogen-bond donors (Lipinski definition) is 2. The van der Waals surface area contributed by atoms with Gasteiger partial charge in [0.25, 0.3) is 0 Å². The van der Waals surface area contributed by atoms with Crippen molar-refractivity contribution in [2.24, 2.45) is 0 Å². The van der Waals surface area contributed by atoms with E-state index < -0.39 is 5.97 Å². The third-order valence-electron chi connectivity index (χ3n) is 3.66. The van der Waals surface area contributed by atoms with Gasteiger partial charge in [-0.15, -0.1) is 0 Å². The molecule has 2 unspecified atom stereocenters. The molecular weight excluding hydrogens is 264 g/mol. The molecule has 0 aliphatic carbocycles. The minimum absolute atomic E-state index is 0.0104. The van der Waals surface area contributed by atoms with Crippen LogP contribution in [0.2, 0.25) is 0 Å². The number of carboxylic acids is 1. The molecule has 2 saturated heterocycles. The van der Waals surface area contributed by atoms with Gasteiger partial charge in [0.1, 0.15) is 0 Å². The van der Waals surface area contributed by atoms with E-state index in [2.05, 4.69) is 5.32 Å². The van der Waals surface area contributed by atoms with E-state index in [9.17, 15) is 9.59 Å². The van der Waals surface area contributed by atoms with E-state index in [0.717, 1.165) is 19.3 Å². The van der Waals surface area contributed by atoms with Crippen molar-refractivity contribution in [3.63, 3.8) is 0 Å². The minimum Gasteiger partial charge on any atom is -0.481 e. The molecule has 0 bridgehead atoms. The number of piperidine rings is 1. The van der Waals surface area contributed by atoms with Crippen LogP contribution in [-0.4, -0.2) is 67.1 Å². The molecule has 2 fully saturated rings. The average molecular weight is 286 g/mol. The lowest BCUT2D eigenvalue weighted by Gasteiger charge is -2.35. The smallest absolute Gasteiger partial charge is 0.317 e. The van der Waals surface area contributed by atoms with Gasteiger partial charge in [-0.05, 0) is 19.3 Å². The molecule has 20 heavy (non-hydrogen) atoms. The number of nitrogens with one attached hydrogen (secondary N) is 1. The second-order valence-electron chi connectivity index (χ2n) is 5.19. The Morgan fingerprint density at radius 2 is 2.15 bits per heavy atom. The Morgan fingerprint density at radius 3 is 2.85 bits per heavy atom. The molecule has 0 aromatic rings. The lowest BCUT2D eigenvalue weighted by atomic mass is 10.00. The highest BCUT2D eigenvalue weighted by atomic mass is 16.6. The first-order valence-electron chi connectivity index (χ1n) is 7.12. The quantitative estimate of drug-likeness (QED) is 0.783. The summed E-state index contributed by atoms with van der Waals surface area (Å²) < 4.78 is 10.7. The van der Waals surface area contributed by atoms with Crippen molar-refractivity contribution in [1.29, 1.82) is 0 Å². The predicted molar refractivity (Wildman–Crippen MR) is 70.6 cm³/mol. The minimum atomic E-state index is -0.862. The fourth-order valence-electron chi connectivity index (χ4n) is 2.64. The molecule has 0 aromatic heterocycles. The maximum atomic E-state index is 12.2. The molecule has 2 atom stereocenters. The molecule has 2 aliphatic rings. The molecule has 7 heteroatoms. The zero-order valence-electron chi connectivity index (χ0n) is 11.5. The van der Waals surface area contributed by atoms with E-state index in [0.29, 0.717) is 32.9 Å². The monoisotopic (exact) mass is 286 g/mol. The van der Waals surface area contributed by atoms with Crippen molar-refractivity contribution < 1.29 is 24.2 Å². The number of nitrogens with zero attached hydrogens (tertiary/aromatic N) is 1. The number of hydrogen-bond acceptors (Lipinski definition) is 4. The highest BCUT2D eigenvalue weighted by molar-refractivity contribution is 5.76. The normalized spacial score (nSPS) is 27.1. The Labute approximate surface area is 118 Å². The van der Waals surface area contributed by atoms with Crippen molar-refractivity contribution >= 4 is 12.0 Å². The van der Waals surface area contributed by atoms with Gasteiger partial charge < -0.3 is 24.8 Å². The van der Waals surface area contributed by atoms with Gasteiger partial charge in [-0.1, -0.05) is 0 Å². The number of urea groups is 1. The summed E-state index contributed by atoms with van der Waals surface area (Å²) in [6.45, 7) is 2.64. The number of amides is 2. The number of carbonyl (C=O) groups excluding carboxylic acids is 1. The maximum absolute atomic E-state index is 12.2. The van der Waals surface area contributed by atoms with E-state index in [1.807, 2.05) is 0 Å². The number of ether oxygens (including phenoxy) is 2. The largest absolute Gasteiger partial charge is 0.481 e. The van der Waals surface area contributed by atoms with Gasteiger partial charge in [0.05, 0.1) is 32.3 Å². The van der Waals surface area contributed by atoms with Crippen molar-refractivity contribution in [3.05, 3.63) is 0 Å². The molecule has 0 radical (unpaired) electrons. The number of carbonyl (C=O) groups is 2. The average Bonchev–Trinajstić information content (AvgIpc) is 2.46. The summed E-state index contributed by atoms with van der Waals surface area (Å²) in [4.78, 5) is 24.6. The molecule has 7 nitrogen and oxygen atoms in total. The molecule has 2 amide bonds. The molecule has 2 heterocycles. The van der Waals surface area contributed by atoms with E-state index in [1.165, 1.54) is 0 Å². The lowest BCUT2D eigenvalue weighted by molar-refractivity contribution is -0.138. The second kappa shape index (κ2) is 7.44. The number of likely N-dealkylation sites (tertiary alicyclic amines) is 1. The Kier molecular flexibility index (Phi) is 5.60. The zero-order chi connectivity index (χ0) is 14.4. The van der Waals surface area contributed by atoms with Crippen LogP contribution in [0, 0.1) is 0 Å². The van der Waals surface area contributed by atoms with E-state index in [4.69, 9.17) is 14.6 Å². The molecule has 2 N–H and O–H groups in total. The van der Waals surface area contributed by atoms with E-state index in [1.54, 1.807) is 4.90 Å². The molecular formula is C13H22N2O5. The van der Waals surface area contributed by atoms with E-state index in [-0.39, 0.29) is 24.6 Å². The van der Waals surface area contributed by atoms with Crippen molar-refractivity contribution in [3.8, 4) is 0 Å². The molecule has 2 rings (SSSR count). The molecule has 114 valence electrons. The molecule has 2 aliphatic heterocycles. The Hall–Kier alpha value is -1.34. The van der Waals surface area contributed by atoms with Crippen LogP contribution in [0.1, 0.15) is 25.7 Å². The first-order valence-corrected chi connectivity index (χ1v) is 7.12. The fourth-order valence-corrected chi connectivity index (χ4v) is 2.64. The third kappa shape index (κ3) is 4.35. The Morgan fingerprint density at radius 1 is 1.30 bits per heavy atom. The lowest BCUT2D eigenvalue weighted by Crippen LogP contribution is -2.51. The number of rotatable bonds is 4. The first-order chi connectivity index (χ1) is 9.66. The van der Waals surface area contributed by atoms with Crippen LogP contribution in [0.15, 0.2) is 0 Å². The SMILES string of the molecule is O=C(O)CC1CCCCN1C(=O)NCC1COCCO1. The predicted octanol–water partition coefficient (Wildman–Crippen LogP) is 0.441. The maximum Gasteiger partial charge on any atom is 0.317 e. The highest BCUT2D eigenvalue weighted by Crippen LogP contribution is 2.19. The number of aliphatic carboxylic acids is 1. The highest BCUT2D eigenvalue weighted by Gasteiger charge is 2.28. The Balaban J connectivity index is 1.80. The zero-order valence-corrected chi connectivity index (χ0v) is 11.5. The van der Waals surface area contributed by atoms with Gasteiger partial charge in [-0.3, -0.25) is 4.79 Å². The van der Waals surface area contributed by atoms with Crippen LogP contribution < -0.4 is 5.32 Å². The van der Waals surface area contributed by atoms with Crippen LogP contribution in [0.4, 0.5) is 4.79 Å². The fraction of sp³-hybridized carbons (Fsp3) is 0.846. The summed E-state index contributed by atoms with van der Waals surface area (Å²) in [7, 11) is 0. The van der Waals surface area contributed by atoms with Gasteiger partial charge in [0.15, 0.2) is 0 Å². The third-order valence-corrected chi connectivity index (χ3v) is 3.66. The molecule has 0 aromatic carbocycles. The summed E-state index contributed by atoms with van der Waals surface area (Å²) in [5.41, 5.74) is 0. The van der Waals surface area contributed by atoms with Crippen molar-refractivity contribution in [2.75, 3.05) is 32.9 Å². The standard InChI is InChI=1S/C13H22N2O5/c16-12(17)7-10-3-1-2-4-15(10)13(18)14-8-11-9-19-5-6-20-11/h10-11H,1-9H2,(H,14,18)(H,16,17). The van der Waals surface area contributed by atoms with Gasteiger partial charge in [-0.2, -0.15) is 0 Å². The van der Waals surface area contributed by atoms with Crippen LogP contribution in [0.25, 0.3) is 0 Å².